The fourth-order valence-corrected chi connectivity index (χ4v) is 3.25. The molecule has 0 radical (unpaired) electrons. The van der Waals surface area contributed by atoms with Gasteiger partial charge in [0.25, 0.3) is 0 Å². The molecule has 0 bridgehead atoms. The van der Waals surface area contributed by atoms with Gasteiger partial charge < -0.3 is 14.6 Å². The first-order chi connectivity index (χ1) is 9.47. The number of hydrogen-bond donors (Lipinski definition) is 1. The number of thiophene rings is 1. The van der Waals surface area contributed by atoms with Gasteiger partial charge in [-0.3, -0.25) is 0 Å². The first kappa shape index (κ1) is 14.9. The molecule has 1 unspecified atom stereocenters. The number of rotatable bonds is 5. The van der Waals surface area contributed by atoms with E-state index in [2.05, 4.69) is 0 Å². The molecule has 0 aliphatic rings. The first-order valence-electron chi connectivity index (χ1n) is 6.46. The summed E-state index contributed by atoms with van der Waals surface area (Å²) in [6, 6.07) is 7.72. The molecular formula is C16H20O3S. The van der Waals surface area contributed by atoms with Gasteiger partial charge >= 0.3 is 0 Å². The van der Waals surface area contributed by atoms with Crippen molar-refractivity contribution >= 4 is 11.3 Å². The van der Waals surface area contributed by atoms with Crippen molar-refractivity contribution in [2.24, 2.45) is 0 Å². The van der Waals surface area contributed by atoms with Gasteiger partial charge in [-0.05, 0) is 48.6 Å². The van der Waals surface area contributed by atoms with Gasteiger partial charge in [0.1, 0.15) is 0 Å². The standard InChI is InChI=1S/C16H20O3S/c1-11-13(7-8-20-11)16(2,17)10-12-5-6-14(18-3)15(9-12)19-4/h5-9,17H,10H2,1-4H3. The Morgan fingerprint density at radius 3 is 2.40 bits per heavy atom. The number of benzene rings is 1. The van der Waals surface area contributed by atoms with Crippen LogP contribution in [0, 0.1) is 6.92 Å². The average molecular weight is 292 g/mol. The maximum Gasteiger partial charge on any atom is 0.160 e. The second-order valence-corrected chi connectivity index (χ2v) is 6.15. The van der Waals surface area contributed by atoms with Gasteiger partial charge in [-0.2, -0.15) is 0 Å². The highest BCUT2D eigenvalue weighted by molar-refractivity contribution is 7.10. The summed E-state index contributed by atoms with van der Waals surface area (Å²) in [6.07, 6.45) is 0.533. The van der Waals surface area contributed by atoms with Gasteiger partial charge in [0.2, 0.25) is 0 Å². The van der Waals surface area contributed by atoms with Crippen molar-refractivity contribution in [2.45, 2.75) is 25.9 Å². The van der Waals surface area contributed by atoms with Crippen LogP contribution in [-0.4, -0.2) is 19.3 Å². The van der Waals surface area contributed by atoms with Gasteiger partial charge in [0, 0.05) is 11.3 Å². The molecule has 0 aliphatic carbocycles. The molecule has 4 heteroatoms. The largest absolute Gasteiger partial charge is 0.493 e. The minimum Gasteiger partial charge on any atom is -0.493 e. The molecule has 2 aromatic rings. The zero-order chi connectivity index (χ0) is 14.8. The van der Waals surface area contributed by atoms with Gasteiger partial charge in [-0.15, -0.1) is 11.3 Å². The molecule has 0 aliphatic heterocycles. The Balaban J connectivity index is 2.27. The van der Waals surface area contributed by atoms with Crippen LogP contribution in [0.1, 0.15) is 22.9 Å². The maximum atomic E-state index is 10.7. The van der Waals surface area contributed by atoms with Crippen molar-refractivity contribution < 1.29 is 14.6 Å². The molecule has 1 atom stereocenters. The summed E-state index contributed by atoms with van der Waals surface area (Å²) < 4.78 is 10.5. The number of aliphatic hydroxyl groups is 1. The smallest absolute Gasteiger partial charge is 0.160 e. The van der Waals surface area contributed by atoms with Gasteiger partial charge in [-0.1, -0.05) is 6.07 Å². The molecule has 1 heterocycles. The zero-order valence-electron chi connectivity index (χ0n) is 12.3. The van der Waals surface area contributed by atoms with E-state index in [0.717, 1.165) is 16.0 Å². The van der Waals surface area contributed by atoms with Crippen molar-refractivity contribution in [3.63, 3.8) is 0 Å². The summed E-state index contributed by atoms with van der Waals surface area (Å²) in [6.45, 7) is 3.88. The predicted molar refractivity (Wildman–Crippen MR) is 81.9 cm³/mol. The van der Waals surface area contributed by atoms with Crippen LogP contribution in [0.15, 0.2) is 29.6 Å². The van der Waals surface area contributed by atoms with Crippen LogP contribution in [0.3, 0.4) is 0 Å². The molecule has 0 fully saturated rings. The third kappa shape index (κ3) is 2.97. The molecule has 3 nitrogen and oxygen atoms in total. The summed E-state index contributed by atoms with van der Waals surface area (Å²) in [5.74, 6) is 1.38. The lowest BCUT2D eigenvalue weighted by atomic mass is 9.89. The summed E-state index contributed by atoms with van der Waals surface area (Å²) in [5, 5.41) is 12.7. The van der Waals surface area contributed by atoms with E-state index < -0.39 is 5.60 Å². The van der Waals surface area contributed by atoms with E-state index in [0.29, 0.717) is 17.9 Å². The van der Waals surface area contributed by atoms with E-state index in [1.54, 1.807) is 25.6 Å². The Bertz CT molecular complexity index is 587. The molecule has 1 N–H and O–H groups in total. The first-order valence-corrected chi connectivity index (χ1v) is 7.33. The van der Waals surface area contributed by atoms with Crippen LogP contribution in [0.25, 0.3) is 0 Å². The minimum absolute atomic E-state index is 0.533. The zero-order valence-corrected chi connectivity index (χ0v) is 13.1. The SMILES string of the molecule is COc1ccc(CC(C)(O)c2ccsc2C)cc1OC. The minimum atomic E-state index is -0.885. The molecule has 1 aromatic heterocycles. The van der Waals surface area contributed by atoms with Crippen molar-refractivity contribution in [2.75, 3.05) is 14.2 Å². The molecule has 0 spiro atoms. The highest BCUT2D eigenvalue weighted by Crippen LogP contribution is 2.33. The molecule has 108 valence electrons. The van der Waals surface area contributed by atoms with Gasteiger partial charge in [0.05, 0.1) is 19.8 Å². The van der Waals surface area contributed by atoms with E-state index >= 15 is 0 Å². The van der Waals surface area contributed by atoms with E-state index in [9.17, 15) is 5.11 Å². The normalized spacial score (nSPS) is 13.8. The van der Waals surface area contributed by atoms with Crippen molar-refractivity contribution in [1.82, 2.24) is 0 Å². The molecule has 0 saturated heterocycles. The number of aryl methyl sites for hydroxylation is 1. The second-order valence-electron chi connectivity index (χ2n) is 5.03. The quantitative estimate of drug-likeness (QED) is 0.916. The Morgan fingerprint density at radius 2 is 1.85 bits per heavy atom. The molecule has 1 aromatic carbocycles. The summed E-state index contributed by atoms with van der Waals surface area (Å²) in [7, 11) is 3.23. The Hall–Kier alpha value is -1.52. The predicted octanol–water partition coefficient (Wildman–Crippen LogP) is 3.52. The van der Waals surface area contributed by atoms with Crippen LogP contribution < -0.4 is 9.47 Å². The fourth-order valence-electron chi connectivity index (χ4n) is 2.43. The van der Waals surface area contributed by atoms with Gasteiger partial charge in [-0.25, -0.2) is 0 Å². The third-order valence-corrected chi connectivity index (χ3v) is 4.28. The molecule has 0 saturated carbocycles. The third-order valence-electron chi connectivity index (χ3n) is 3.44. The molecular weight excluding hydrogens is 272 g/mol. The summed E-state index contributed by atoms with van der Waals surface area (Å²) in [5.41, 5.74) is 1.11. The van der Waals surface area contributed by atoms with E-state index in [-0.39, 0.29) is 0 Å². The monoisotopic (exact) mass is 292 g/mol. The lowest BCUT2D eigenvalue weighted by Gasteiger charge is -2.24. The maximum absolute atomic E-state index is 10.7. The summed E-state index contributed by atoms with van der Waals surface area (Å²) >= 11 is 1.65. The number of ether oxygens (including phenoxy) is 2. The Morgan fingerprint density at radius 1 is 1.15 bits per heavy atom. The van der Waals surface area contributed by atoms with Crippen LogP contribution >= 0.6 is 11.3 Å². The van der Waals surface area contributed by atoms with Crippen molar-refractivity contribution in [1.29, 1.82) is 0 Å². The highest BCUT2D eigenvalue weighted by Gasteiger charge is 2.26. The molecule has 0 amide bonds. The van der Waals surface area contributed by atoms with Crippen LogP contribution in [0.5, 0.6) is 11.5 Å². The summed E-state index contributed by atoms with van der Waals surface area (Å²) in [4.78, 5) is 1.15. The topological polar surface area (TPSA) is 38.7 Å². The lowest BCUT2D eigenvalue weighted by molar-refractivity contribution is 0.0574. The van der Waals surface area contributed by atoms with E-state index in [1.807, 2.05) is 43.5 Å². The van der Waals surface area contributed by atoms with Crippen LogP contribution in [0.4, 0.5) is 0 Å². The van der Waals surface area contributed by atoms with E-state index in [1.165, 1.54) is 0 Å². The van der Waals surface area contributed by atoms with E-state index in [4.69, 9.17) is 9.47 Å². The van der Waals surface area contributed by atoms with Crippen LogP contribution in [-0.2, 0) is 12.0 Å². The highest BCUT2D eigenvalue weighted by atomic mass is 32.1. The Labute approximate surface area is 123 Å². The van der Waals surface area contributed by atoms with Crippen molar-refractivity contribution in [3.8, 4) is 11.5 Å². The fraction of sp³-hybridized carbons (Fsp3) is 0.375. The van der Waals surface area contributed by atoms with Crippen LogP contribution in [0.2, 0.25) is 0 Å². The Kier molecular flexibility index (Phi) is 4.35. The number of hydrogen-bond acceptors (Lipinski definition) is 4. The second kappa shape index (κ2) is 5.85. The average Bonchev–Trinajstić information content (AvgIpc) is 2.85. The lowest BCUT2D eigenvalue weighted by Crippen LogP contribution is -2.24. The van der Waals surface area contributed by atoms with Crippen molar-refractivity contribution in [3.05, 3.63) is 45.6 Å². The molecule has 20 heavy (non-hydrogen) atoms. The number of methoxy groups -OCH3 is 2. The molecule has 2 rings (SSSR count). The van der Waals surface area contributed by atoms with Gasteiger partial charge in [0.15, 0.2) is 11.5 Å².